The van der Waals surface area contributed by atoms with Crippen LogP contribution in [-0.4, -0.2) is 29.2 Å². The van der Waals surface area contributed by atoms with Crippen molar-refractivity contribution in [1.82, 2.24) is 4.57 Å². The molecule has 1 N–H and O–H groups in total. The van der Waals surface area contributed by atoms with Crippen molar-refractivity contribution in [2.75, 3.05) is 13.7 Å². The zero-order valence-corrected chi connectivity index (χ0v) is 18.4. The van der Waals surface area contributed by atoms with Crippen molar-refractivity contribution in [2.45, 2.75) is 27.3 Å². The second-order valence-corrected chi connectivity index (χ2v) is 7.46. The monoisotopic (exact) mass is 432 g/mol. The van der Waals surface area contributed by atoms with Gasteiger partial charge in [0.25, 0.3) is 5.56 Å². The van der Waals surface area contributed by atoms with Crippen LogP contribution in [0.1, 0.15) is 38.2 Å². The maximum atomic E-state index is 13.0. The fraction of sp³-hybridized carbons (Fsp3) is 0.240. The molecular formula is C25H24N2O5. The number of nitrogens with zero attached hydrogens (tertiary/aromatic N) is 2. The summed E-state index contributed by atoms with van der Waals surface area (Å²) in [6.07, 6.45) is 0. The number of nitriles is 1. The van der Waals surface area contributed by atoms with Crippen LogP contribution >= 0.6 is 0 Å². The number of carbonyl (C=O) groups is 1. The van der Waals surface area contributed by atoms with E-state index in [4.69, 9.17) is 9.47 Å². The van der Waals surface area contributed by atoms with Gasteiger partial charge in [-0.15, -0.1) is 0 Å². The number of rotatable bonds is 7. The lowest BCUT2D eigenvalue weighted by molar-refractivity contribution is 0.0916. The van der Waals surface area contributed by atoms with E-state index in [1.807, 2.05) is 32.0 Å². The van der Waals surface area contributed by atoms with Crippen molar-refractivity contribution in [1.29, 1.82) is 5.26 Å². The normalized spacial score (nSPS) is 10.5. The highest BCUT2D eigenvalue weighted by Crippen LogP contribution is 2.25. The summed E-state index contributed by atoms with van der Waals surface area (Å²) in [5.41, 5.74) is 1.81. The minimum absolute atomic E-state index is 0.0122. The first kappa shape index (κ1) is 22.6. The van der Waals surface area contributed by atoms with E-state index in [-0.39, 0.29) is 29.8 Å². The topological polar surface area (TPSA) is 102 Å². The molecule has 2 aromatic carbocycles. The van der Waals surface area contributed by atoms with Crippen LogP contribution in [0.15, 0.2) is 47.3 Å². The van der Waals surface area contributed by atoms with Crippen molar-refractivity contribution in [3.63, 3.8) is 0 Å². The number of benzene rings is 2. The lowest BCUT2D eigenvalue weighted by atomic mass is 10.0. The predicted molar refractivity (Wildman–Crippen MR) is 120 cm³/mol. The Morgan fingerprint density at radius 1 is 1.09 bits per heavy atom. The van der Waals surface area contributed by atoms with Gasteiger partial charge in [-0.1, -0.05) is 24.3 Å². The number of pyridine rings is 1. The number of aryl methyl sites for hydroxylation is 1. The molecule has 0 unspecified atom stereocenters. The number of ketones is 1. The van der Waals surface area contributed by atoms with Gasteiger partial charge >= 0.3 is 0 Å². The van der Waals surface area contributed by atoms with Gasteiger partial charge in [0.1, 0.15) is 23.1 Å². The van der Waals surface area contributed by atoms with Gasteiger partial charge in [-0.25, -0.2) is 0 Å². The average Bonchev–Trinajstić information content (AvgIpc) is 2.78. The molecule has 0 spiro atoms. The Bertz CT molecular complexity index is 1270. The first-order valence-electron chi connectivity index (χ1n) is 10.00. The lowest BCUT2D eigenvalue weighted by Crippen LogP contribution is -2.28. The van der Waals surface area contributed by atoms with E-state index in [1.54, 1.807) is 37.4 Å². The smallest absolute Gasteiger partial charge is 0.271 e. The fourth-order valence-electron chi connectivity index (χ4n) is 3.44. The largest absolute Gasteiger partial charge is 0.497 e. The molecule has 1 heterocycles. The van der Waals surface area contributed by atoms with Gasteiger partial charge in [-0.05, 0) is 61.2 Å². The average molecular weight is 432 g/mol. The van der Waals surface area contributed by atoms with E-state index >= 15 is 0 Å². The third kappa shape index (κ3) is 4.35. The van der Waals surface area contributed by atoms with Gasteiger partial charge < -0.3 is 14.6 Å². The minimum atomic E-state index is -0.662. The van der Waals surface area contributed by atoms with Crippen LogP contribution in [0, 0.1) is 32.1 Å². The molecule has 0 radical (unpaired) electrons. The Morgan fingerprint density at radius 2 is 1.78 bits per heavy atom. The van der Waals surface area contributed by atoms with Crippen molar-refractivity contribution < 1.29 is 19.4 Å². The SMILES string of the molecule is COc1ccc(Cn2c(O)c(C(=O)COc3cccc(C)c3C)c(C)c(C#N)c2=O)cc1. The van der Waals surface area contributed by atoms with Crippen LogP contribution in [0.4, 0.5) is 0 Å². The highest BCUT2D eigenvalue weighted by Gasteiger charge is 2.24. The third-order valence-corrected chi connectivity index (χ3v) is 5.49. The summed E-state index contributed by atoms with van der Waals surface area (Å²) in [5, 5.41) is 20.4. The first-order valence-corrected chi connectivity index (χ1v) is 10.00. The molecule has 3 rings (SSSR count). The van der Waals surface area contributed by atoms with Crippen LogP contribution in [0.2, 0.25) is 0 Å². The Morgan fingerprint density at radius 3 is 2.41 bits per heavy atom. The zero-order valence-electron chi connectivity index (χ0n) is 18.4. The summed E-state index contributed by atoms with van der Waals surface area (Å²) in [7, 11) is 1.54. The standard InChI is InChI=1S/C25H24N2O5/c1-15-6-5-7-22(16(15)2)32-14-21(28)23-17(3)20(12-26)24(29)27(25(23)30)13-18-8-10-19(31-4)11-9-18/h5-11,30H,13-14H2,1-4H3. The number of aromatic nitrogens is 1. The van der Waals surface area contributed by atoms with E-state index in [1.165, 1.54) is 6.92 Å². The van der Waals surface area contributed by atoms with Gasteiger partial charge in [0.05, 0.1) is 19.2 Å². The lowest BCUT2D eigenvalue weighted by Gasteiger charge is -2.16. The Labute approximate surface area is 186 Å². The molecule has 0 saturated heterocycles. The minimum Gasteiger partial charge on any atom is -0.497 e. The van der Waals surface area contributed by atoms with Crippen LogP contribution in [0.25, 0.3) is 0 Å². The molecular weight excluding hydrogens is 408 g/mol. The molecule has 3 aromatic rings. The fourth-order valence-corrected chi connectivity index (χ4v) is 3.44. The number of methoxy groups -OCH3 is 1. The summed E-state index contributed by atoms with van der Waals surface area (Å²) in [6.45, 7) is 4.95. The summed E-state index contributed by atoms with van der Waals surface area (Å²) >= 11 is 0. The summed E-state index contributed by atoms with van der Waals surface area (Å²) in [4.78, 5) is 25.8. The highest BCUT2D eigenvalue weighted by atomic mass is 16.5. The first-order chi connectivity index (χ1) is 15.3. The van der Waals surface area contributed by atoms with Gasteiger partial charge in [0.15, 0.2) is 6.61 Å². The maximum Gasteiger partial charge on any atom is 0.271 e. The summed E-state index contributed by atoms with van der Waals surface area (Å²) in [5.74, 6) is 0.187. The molecule has 0 aliphatic rings. The molecule has 0 aliphatic carbocycles. The molecule has 7 heteroatoms. The summed E-state index contributed by atoms with van der Waals surface area (Å²) in [6, 6.07) is 14.3. The number of ether oxygens (including phenoxy) is 2. The molecule has 0 fully saturated rings. The van der Waals surface area contributed by atoms with E-state index in [0.29, 0.717) is 17.1 Å². The number of Topliss-reactive ketones (excluding diaryl/α,β-unsaturated/α-hetero) is 1. The molecule has 0 atom stereocenters. The van der Waals surface area contributed by atoms with E-state index in [9.17, 15) is 20.0 Å². The molecule has 0 bridgehead atoms. The number of aromatic hydroxyl groups is 1. The second kappa shape index (κ2) is 9.40. The summed E-state index contributed by atoms with van der Waals surface area (Å²) < 4.78 is 11.8. The molecule has 7 nitrogen and oxygen atoms in total. The number of carbonyl (C=O) groups excluding carboxylic acids is 1. The quantitative estimate of drug-likeness (QED) is 0.572. The van der Waals surface area contributed by atoms with E-state index in [2.05, 4.69) is 0 Å². The van der Waals surface area contributed by atoms with Crippen molar-refractivity contribution in [3.05, 3.63) is 86.2 Å². The van der Waals surface area contributed by atoms with E-state index < -0.39 is 17.2 Å². The molecule has 164 valence electrons. The van der Waals surface area contributed by atoms with Crippen LogP contribution in [-0.2, 0) is 6.54 Å². The Hall–Kier alpha value is -4.05. The highest BCUT2D eigenvalue weighted by molar-refractivity contribution is 6.01. The molecule has 32 heavy (non-hydrogen) atoms. The zero-order chi connectivity index (χ0) is 23.4. The van der Waals surface area contributed by atoms with E-state index in [0.717, 1.165) is 15.7 Å². The predicted octanol–water partition coefficient (Wildman–Crippen LogP) is 3.67. The molecule has 0 saturated carbocycles. The number of hydrogen-bond donors (Lipinski definition) is 1. The molecule has 0 amide bonds. The number of hydrogen-bond acceptors (Lipinski definition) is 6. The Balaban J connectivity index is 1.98. The molecule has 1 aromatic heterocycles. The Kier molecular flexibility index (Phi) is 6.64. The molecule has 0 aliphatic heterocycles. The third-order valence-electron chi connectivity index (χ3n) is 5.49. The van der Waals surface area contributed by atoms with Gasteiger partial charge in [0, 0.05) is 0 Å². The van der Waals surface area contributed by atoms with Gasteiger partial charge in [0.2, 0.25) is 11.7 Å². The van der Waals surface area contributed by atoms with Crippen LogP contribution in [0.3, 0.4) is 0 Å². The van der Waals surface area contributed by atoms with Gasteiger partial charge in [-0.3, -0.25) is 14.2 Å². The van der Waals surface area contributed by atoms with Crippen LogP contribution in [0.5, 0.6) is 17.4 Å². The van der Waals surface area contributed by atoms with Crippen molar-refractivity contribution in [3.8, 4) is 23.4 Å². The van der Waals surface area contributed by atoms with Crippen molar-refractivity contribution >= 4 is 5.78 Å². The van der Waals surface area contributed by atoms with Crippen molar-refractivity contribution in [2.24, 2.45) is 0 Å². The second-order valence-electron chi connectivity index (χ2n) is 7.46. The van der Waals surface area contributed by atoms with Crippen LogP contribution < -0.4 is 15.0 Å². The maximum absolute atomic E-state index is 13.0. The van der Waals surface area contributed by atoms with Gasteiger partial charge in [-0.2, -0.15) is 5.26 Å².